The van der Waals surface area contributed by atoms with Crippen molar-refractivity contribution in [3.8, 4) is 0 Å². The van der Waals surface area contributed by atoms with Gasteiger partial charge in [-0.25, -0.2) is 0 Å². The largest absolute Gasteiger partial charge is 0.481 e. The number of carboxylic acid groups (broad SMARTS) is 1. The number of amides is 1. The van der Waals surface area contributed by atoms with Crippen LogP contribution in [0.25, 0.3) is 0 Å². The normalized spacial score (nSPS) is 20.6. The predicted octanol–water partition coefficient (Wildman–Crippen LogP) is 2.33. The zero-order valence-electron chi connectivity index (χ0n) is 9.06. The number of piperidine rings is 1. The van der Waals surface area contributed by atoms with Gasteiger partial charge in [-0.2, -0.15) is 0 Å². The summed E-state index contributed by atoms with van der Waals surface area (Å²) in [5.74, 6) is -1.43. The average Bonchev–Trinajstić information content (AvgIpc) is 2.67. The molecule has 0 radical (unpaired) electrons. The smallest absolute Gasteiger partial charge is 0.307 e. The molecule has 1 amide bonds. The van der Waals surface area contributed by atoms with Gasteiger partial charge in [-0.05, 0) is 34.5 Å². The van der Waals surface area contributed by atoms with Crippen molar-refractivity contribution >= 4 is 39.1 Å². The predicted molar refractivity (Wildman–Crippen MR) is 67.8 cm³/mol. The monoisotopic (exact) mass is 317 g/mol. The molecule has 1 aliphatic heterocycles. The van der Waals surface area contributed by atoms with E-state index in [4.69, 9.17) is 5.11 Å². The fraction of sp³-hybridized carbons (Fsp3) is 0.455. The highest BCUT2D eigenvalue weighted by Crippen LogP contribution is 2.26. The van der Waals surface area contributed by atoms with Crippen LogP contribution in [0.4, 0.5) is 0 Å². The van der Waals surface area contributed by atoms with E-state index in [2.05, 4.69) is 15.9 Å². The topological polar surface area (TPSA) is 57.6 Å². The zero-order valence-corrected chi connectivity index (χ0v) is 11.5. The number of carboxylic acids is 1. The number of carbonyl (C=O) groups excluding carboxylic acids is 1. The highest BCUT2D eigenvalue weighted by molar-refractivity contribution is 9.11. The van der Waals surface area contributed by atoms with Crippen molar-refractivity contribution in [3.63, 3.8) is 0 Å². The van der Waals surface area contributed by atoms with Gasteiger partial charge in [-0.1, -0.05) is 0 Å². The van der Waals surface area contributed by atoms with E-state index >= 15 is 0 Å². The van der Waals surface area contributed by atoms with E-state index in [9.17, 15) is 9.59 Å². The zero-order chi connectivity index (χ0) is 12.4. The number of nitrogens with zero attached hydrogens (tertiary/aromatic N) is 1. The Balaban J connectivity index is 1.96. The summed E-state index contributed by atoms with van der Waals surface area (Å²) in [5.41, 5.74) is 0. The molecule has 17 heavy (non-hydrogen) atoms. The van der Waals surface area contributed by atoms with Crippen LogP contribution in [0, 0.1) is 5.92 Å². The lowest BCUT2D eigenvalue weighted by Crippen LogP contribution is -2.40. The van der Waals surface area contributed by atoms with Gasteiger partial charge in [0.1, 0.15) is 0 Å². The van der Waals surface area contributed by atoms with Crippen molar-refractivity contribution in [1.82, 2.24) is 4.90 Å². The summed E-state index contributed by atoms with van der Waals surface area (Å²) >= 11 is 4.98. The summed E-state index contributed by atoms with van der Waals surface area (Å²) in [6.45, 7) is 1.12. The van der Waals surface area contributed by atoms with Crippen LogP contribution in [0.5, 0.6) is 0 Å². The highest BCUT2D eigenvalue weighted by Gasteiger charge is 2.30. The standard InChI is InChI=1S/C11H12BrNO3S/c12-9-2-1-8(17-9)6-13-4-3-7(11(15)16)5-10(13)14/h1-2,7H,3-6H2,(H,15,16). The number of thiophene rings is 1. The Kier molecular flexibility index (Phi) is 3.83. The van der Waals surface area contributed by atoms with Crippen LogP contribution in [0.2, 0.25) is 0 Å². The Morgan fingerprint density at radius 3 is 2.88 bits per heavy atom. The van der Waals surface area contributed by atoms with Crippen molar-refractivity contribution in [2.75, 3.05) is 6.54 Å². The molecule has 92 valence electrons. The summed E-state index contributed by atoms with van der Waals surface area (Å²) in [6.07, 6.45) is 0.676. The van der Waals surface area contributed by atoms with Crippen molar-refractivity contribution in [3.05, 3.63) is 20.8 Å². The van der Waals surface area contributed by atoms with Crippen molar-refractivity contribution in [2.24, 2.45) is 5.92 Å². The maximum absolute atomic E-state index is 11.8. The lowest BCUT2D eigenvalue weighted by atomic mass is 9.96. The van der Waals surface area contributed by atoms with E-state index in [1.165, 1.54) is 0 Å². The molecule has 0 aromatic carbocycles. The maximum atomic E-state index is 11.8. The first kappa shape index (κ1) is 12.6. The van der Waals surface area contributed by atoms with Crippen LogP contribution >= 0.6 is 27.3 Å². The summed E-state index contributed by atoms with van der Waals surface area (Å²) in [7, 11) is 0. The quantitative estimate of drug-likeness (QED) is 0.930. The fourth-order valence-electron chi connectivity index (χ4n) is 1.88. The van der Waals surface area contributed by atoms with Crippen LogP contribution in [0.1, 0.15) is 17.7 Å². The van der Waals surface area contributed by atoms with Crippen molar-refractivity contribution in [2.45, 2.75) is 19.4 Å². The average molecular weight is 318 g/mol. The Morgan fingerprint density at radius 1 is 1.59 bits per heavy atom. The summed E-state index contributed by atoms with van der Waals surface area (Å²) in [5, 5.41) is 8.86. The summed E-state index contributed by atoms with van der Waals surface area (Å²) < 4.78 is 1.04. The molecule has 0 aliphatic carbocycles. The first-order valence-corrected chi connectivity index (χ1v) is 6.92. The third kappa shape index (κ3) is 3.07. The Hall–Kier alpha value is -0.880. The lowest BCUT2D eigenvalue weighted by molar-refractivity contribution is -0.149. The van der Waals surface area contributed by atoms with Gasteiger partial charge in [0.2, 0.25) is 5.91 Å². The van der Waals surface area contributed by atoms with Crippen molar-refractivity contribution < 1.29 is 14.7 Å². The molecule has 0 bridgehead atoms. The summed E-state index contributed by atoms with van der Waals surface area (Å²) in [6, 6.07) is 3.93. The van der Waals surface area contributed by atoms with Crippen LogP contribution < -0.4 is 0 Å². The van der Waals surface area contributed by atoms with Crippen LogP contribution in [-0.4, -0.2) is 28.4 Å². The van der Waals surface area contributed by atoms with Gasteiger partial charge in [-0.3, -0.25) is 9.59 Å². The van der Waals surface area contributed by atoms with Crippen LogP contribution in [0.15, 0.2) is 15.9 Å². The maximum Gasteiger partial charge on any atom is 0.307 e. The number of hydrogen-bond donors (Lipinski definition) is 1. The number of likely N-dealkylation sites (tertiary alicyclic amines) is 1. The molecule has 4 nitrogen and oxygen atoms in total. The minimum Gasteiger partial charge on any atom is -0.481 e. The van der Waals surface area contributed by atoms with E-state index in [-0.39, 0.29) is 12.3 Å². The third-order valence-electron chi connectivity index (χ3n) is 2.85. The molecule has 0 saturated carbocycles. The second kappa shape index (κ2) is 5.18. The molecule has 2 heterocycles. The van der Waals surface area contributed by atoms with Crippen molar-refractivity contribution in [1.29, 1.82) is 0 Å². The molecule has 1 aromatic rings. The van der Waals surface area contributed by atoms with Crippen LogP contribution in [0.3, 0.4) is 0 Å². The van der Waals surface area contributed by atoms with Crippen LogP contribution in [-0.2, 0) is 16.1 Å². The minimum absolute atomic E-state index is 0.0619. The van der Waals surface area contributed by atoms with E-state index in [1.54, 1.807) is 16.2 Å². The Morgan fingerprint density at radius 2 is 2.35 bits per heavy atom. The fourth-order valence-corrected chi connectivity index (χ4v) is 3.38. The molecule has 1 aliphatic rings. The Bertz CT molecular complexity index is 446. The SMILES string of the molecule is O=C(O)C1CCN(Cc2ccc(Br)s2)C(=O)C1. The number of halogens is 1. The molecule has 6 heteroatoms. The first-order valence-electron chi connectivity index (χ1n) is 5.31. The summed E-state index contributed by atoms with van der Waals surface area (Å²) in [4.78, 5) is 25.4. The molecule has 2 rings (SSSR count). The molecule has 1 atom stereocenters. The highest BCUT2D eigenvalue weighted by atomic mass is 79.9. The van der Waals surface area contributed by atoms with E-state index in [0.29, 0.717) is 19.5 Å². The number of hydrogen-bond acceptors (Lipinski definition) is 3. The molecular formula is C11H12BrNO3S. The molecule has 1 fully saturated rings. The van der Waals surface area contributed by atoms with Gasteiger partial charge in [0, 0.05) is 17.8 Å². The molecule has 1 N–H and O–H groups in total. The van der Waals surface area contributed by atoms with Gasteiger partial charge in [0.15, 0.2) is 0 Å². The molecular weight excluding hydrogens is 306 g/mol. The second-order valence-electron chi connectivity index (χ2n) is 4.05. The molecule has 1 unspecified atom stereocenters. The Labute approximate surface area is 111 Å². The van der Waals surface area contributed by atoms with Gasteiger partial charge in [-0.15, -0.1) is 11.3 Å². The van der Waals surface area contributed by atoms with Gasteiger partial charge in [0.25, 0.3) is 0 Å². The van der Waals surface area contributed by atoms with Gasteiger partial charge >= 0.3 is 5.97 Å². The first-order chi connectivity index (χ1) is 8.06. The van der Waals surface area contributed by atoms with E-state index in [0.717, 1.165) is 8.66 Å². The van der Waals surface area contributed by atoms with Gasteiger partial charge < -0.3 is 10.0 Å². The molecule has 1 aromatic heterocycles. The van der Waals surface area contributed by atoms with E-state index < -0.39 is 11.9 Å². The molecule has 0 spiro atoms. The minimum atomic E-state index is -0.864. The third-order valence-corrected chi connectivity index (χ3v) is 4.45. The second-order valence-corrected chi connectivity index (χ2v) is 6.60. The lowest BCUT2D eigenvalue weighted by Gasteiger charge is -2.29. The van der Waals surface area contributed by atoms with E-state index in [1.807, 2.05) is 12.1 Å². The van der Waals surface area contributed by atoms with Gasteiger partial charge in [0.05, 0.1) is 16.2 Å². The number of aliphatic carboxylic acids is 1. The molecule has 1 saturated heterocycles. The number of carbonyl (C=O) groups is 2. The number of rotatable bonds is 3.